The van der Waals surface area contributed by atoms with Gasteiger partial charge in [0, 0.05) is 22.4 Å². The SMILES string of the molecule is Brc1ccc(CNCc2ccccc2Br)s1. The predicted molar refractivity (Wildman–Crippen MR) is 76.7 cm³/mol. The van der Waals surface area contributed by atoms with E-state index in [1.165, 1.54) is 14.2 Å². The van der Waals surface area contributed by atoms with Crippen molar-refractivity contribution in [1.29, 1.82) is 0 Å². The van der Waals surface area contributed by atoms with Gasteiger partial charge >= 0.3 is 0 Å². The lowest BCUT2D eigenvalue weighted by molar-refractivity contribution is 0.699. The highest BCUT2D eigenvalue weighted by Gasteiger charge is 1.99. The molecule has 0 amide bonds. The van der Waals surface area contributed by atoms with Gasteiger partial charge in [-0.15, -0.1) is 11.3 Å². The lowest BCUT2D eigenvalue weighted by Gasteiger charge is -2.05. The highest BCUT2D eigenvalue weighted by molar-refractivity contribution is 9.11. The van der Waals surface area contributed by atoms with Gasteiger partial charge in [-0.3, -0.25) is 0 Å². The molecule has 1 heterocycles. The first-order valence-electron chi connectivity index (χ1n) is 4.94. The molecule has 4 heteroatoms. The lowest BCUT2D eigenvalue weighted by Crippen LogP contribution is -2.11. The Bertz CT molecular complexity index is 468. The van der Waals surface area contributed by atoms with Crippen molar-refractivity contribution in [3.05, 3.63) is 55.1 Å². The molecule has 1 nitrogen and oxygen atoms in total. The number of halogens is 2. The van der Waals surface area contributed by atoms with Gasteiger partial charge in [0.15, 0.2) is 0 Å². The fraction of sp³-hybridized carbons (Fsp3) is 0.167. The Kier molecular flexibility index (Phi) is 4.58. The Labute approximate surface area is 116 Å². The van der Waals surface area contributed by atoms with Gasteiger partial charge in [-0.1, -0.05) is 34.1 Å². The van der Waals surface area contributed by atoms with Crippen molar-refractivity contribution in [2.75, 3.05) is 0 Å². The van der Waals surface area contributed by atoms with E-state index in [0.29, 0.717) is 0 Å². The summed E-state index contributed by atoms with van der Waals surface area (Å²) in [5.41, 5.74) is 1.29. The van der Waals surface area contributed by atoms with E-state index < -0.39 is 0 Å². The number of hydrogen-bond acceptors (Lipinski definition) is 2. The van der Waals surface area contributed by atoms with Crippen molar-refractivity contribution >= 4 is 43.2 Å². The van der Waals surface area contributed by atoms with E-state index in [4.69, 9.17) is 0 Å². The third-order valence-corrected chi connectivity index (χ3v) is 4.60. The first-order chi connectivity index (χ1) is 7.75. The van der Waals surface area contributed by atoms with Crippen LogP contribution in [0.2, 0.25) is 0 Å². The average molecular weight is 361 g/mol. The average Bonchev–Trinajstić information content (AvgIpc) is 2.67. The van der Waals surface area contributed by atoms with Crippen LogP contribution in [-0.4, -0.2) is 0 Å². The maximum Gasteiger partial charge on any atom is 0.0701 e. The minimum atomic E-state index is 0.886. The Morgan fingerprint density at radius 3 is 2.50 bits per heavy atom. The summed E-state index contributed by atoms with van der Waals surface area (Å²) >= 11 is 8.78. The Hall–Kier alpha value is -0.160. The van der Waals surface area contributed by atoms with Crippen LogP contribution >= 0.6 is 43.2 Å². The van der Waals surface area contributed by atoms with Crippen LogP contribution in [0.15, 0.2) is 44.7 Å². The molecule has 0 unspecified atom stereocenters. The minimum absolute atomic E-state index is 0.886. The number of nitrogens with one attached hydrogen (secondary N) is 1. The van der Waals surface area contributed by atoms with E-state index in [9.17, 15) is 0 Å². The van der Waals surface area contributed by atoms with Crippen LogP contribution in [-0.2, 0) is 13.1 Å². The zero-order valence-corrected chi connectivity index (χ0v) is 12.5. The summed E-state index contributed by atoms with van der Waals surface area (Å²) in [6, 6.07) is 12.5. The molecular formula is C12H11Br2NS. The second kappa shape index (κ2) is 5.96. The van der Waals surface area contributed by atoms with E-state index >= 15 is 0 Å². The molecule has 84 valence electrons. The van der Waals surface area contributed by atoms with Gasteiger partial charge in [-0.25, -0.2) is 0 Å². The first kappa shape index (κ1) is 12.3. The predicted octanol–water partition coefficient (Wildman–Crippen LogP) is 4.56. The van der Waals surface area contributed by atoms with Gasteiger partial charge in [-0.2, -0.15) is 0 Å². The monoisotopic (exact) mass is 359 g/mol. The molecule has 0 spiro atoms. The molecular weight excluding hydrogens is 350 g/mol. The van der Waals surface area contributed by atoms with Gasteiger partial charge < -0.3 is 5.32 Å². The van der Waals surface area contributed by atoms with Gasteiger partial charge in [-0.05, 0) is 39.7 Å². The molecule has 0 fully saturated rings. The standard InChI is InChI=1S/C12H11Br2NS/c13-11-4-2-1-3-9(11)7-15-8-10-5-6-12(14)16-10/h1-6,15H,7-8H2. The lowest BCUT2D eigenvalue weighted by atomic mass is 10.2. The quantitative estimate of drug-likeness (QED) is 0.842. The summed E-state index contributed by atoms with van der Waals surface area (Å²) in [5, 5.41) is 3.43. The fourth-order valence-electron chi connectivity index (χ4n) is 1.41. The summed E-state index contributed by atoms with van der Waals surface area (Å²) in [6.45, 7) is 1.80. The van der Waals surface area contributed by atoms with Gasteiger partial charge in [0.25, 0.3) is 0 Å². The summed E-state index contributed by atoms with van der Waals surface area (Å²) in [5.74, 6) is 0. The zero-order valence-electron chi connectivity index (χ0n) is 8.54. The van der Waals surface area contributed by atoms with Crippen molar-refractivity contribution in [1.82, 2.24) is 5.32 Å². The van der Waals surface area contributed by atoms with E-state index in [0.717, 1.165) is 17.6 Å². The molecule has 0 bridgehead atoms. The maximum atomic E-state index is 3.54. The molecule has 1 N–H and O–H groups in total. The molecule has 2 rings (SSSR count). The molecule has 2 aromatic rings. The van der Waals surface area contributed by atoms with Crippen molar-refractivity contribution in [3.8, 4) is 0 Å². The molecule has 0 radical (unpaired) electrons. The van der Waals surface area contributed by atoms with E-state index in [2.05, 4.69) is 67.5 Å². The third-order valence-electron chi connectivity index (χ3n) is 2.20. The molecule has 1 aromatic heterocycles. The molecule has 0 aliphatic rings. The van der Waals surface area contributed by atoms with Gasteiger partial charge in [0.05, 0.1) is 3.79 Å². The van der Waals surface area contributed by atoms with Crippen LogP contribution in [0, 0.1) is 0 Å². The highest BCUT2D eigenvalue weighted by atomic mass is 79.9. The van der Waals surface area contributed by atoms with E-state index in [1.807, 2.05) is 6.07 Å². The number of rotatable bonds is 4. The fourth-order valence-corrected chi connectivity index (χ4v) is 3.29. The van der Waals surface area contributed by atoms with E-state index in [1.54, 1.807) is 11.3 Å². The topological polar surface area (TPSA) is 12.0 Å². The maximum absolute atomic E-state index is 3.54. The third kappa shape index (κ3) is 3.42. The van der Waals surface area contributed by atoms with Crippen LogP contribution in [0.3, 0.4) is 0 Å². The Balaban J connectivity index is 1.87. The van der Waals surface area contributed by atoms with Crippen LogP contribution in [0.1, 0.15) is 10.4 Å². The van der Waals surface area contributed by atoms with Crippen LogP contribution in [0.4, 0.5) is 0 Å². The largest absolute Gasteiger partial charge is 0.308 e. The zero-order chi connectivity index (χ0) is 11.4. The summed E-state index contributed by atoms with van der Waals surface area (Å²) in [4.78, 5) is 1.35. The molecule has 0 aliphatic carbocycles. The molecule has 0 saturated heterocycles. The molecule has 0 atom stereocenters. The minimum Gasteiger partial charge on any atom is -0.308 e. The highest BCUT2D eigenvalue weighted by Crippen LogP contribution is 2.22. The summed E-state index contributed by atoms with van der Waals surface area (Å²) < 4.78 is 2.35. The molecule has 0 saturated carbocycles. The summed E-state index contributed by atoms with van der Waals surface area (Å²) in [6.07, 6.45) is 0. The van der Waals surface area contributed by atoms with Gasteiger partial charge in [0.1, 0.15) is 0 Å². The number of thiophene rings is 1. The van der Waals surface area contributed by atoms with Gasteiger partial charge in [0.2, 0.25) is 0 Å². The normalized spacial score (nSPS) is 10.6. The van der Waals surface area contributed by atoms with Crippen LogP contribution in [0.5, 0.6) is 0 Å². The first-order valence-corrected chi connectivity index (χ1v) is 7.34. The van der Waals surface area contributed by atoms with Crippen molar-refractivity contribution in [3.63, 3.8) is 0 Å². The smallest absolute Gasteiger partial charge is 0.0701 e. The van der Waals surface area contributed by atoms with Crippen molar-refractivity contribution in [2.45, 2.75) is 13.1 Å². The van der Waals surface area contributed by atoms with Crippen molar-refractivity contribution < 1.29 is 0 Å². The Morgan fingerprint density at radius 2 is 1.81 bits per heavy atom. The summed E-state index contributed by atoms with van der Waals surface area (Å²) in [7, 11) is 0. The molecule has 16 heavy (non-hydrogen) atoms. The second-order valence-corrected chi connectivity index (χ2v) is 6.80. The number of hydrogen-bond donors (Lipinski definition) is 1. The van der Waals surface area contributed by atoms with Crippen molar-refractivity contribution in [2.24, 2.45) is 0 Å². The van der Waals surface area contributed by atoms with Crippen LogP contribution < -0.4 is 5.32 Å². The van der Waals surface area contributed by atoms with Crippen LogP contribution in [0.25, 0.3) is 0 Å². The number of benzene rings is 1. The molecule has 1 aromatic carbocycles. The Morgan fingerprint density at radius 1 is 1.00 bits per heavy atom. The molecule has 0 aliphatic heterocycles. The van der Waals surface area contributed by atoms with E-state index in [-0.39, 0.29) is 0 Å². The second-order valence-electron chi connectivity index (χ2n) is 3.40.